The van der Waals surface area contributed by atoms with Crippen LogP contribution >= 0.6 is 0 Å². The second kappa shape index (κ2) is 10.1. The smallest absolute Gasteiger partial charge is 0.227 e. The summed E-state index contributed by atoms with van der Waals surface area (Å²) in [6.45, 7) is 0.275. The highest BCUT2D eigenvalue weighted by Crippen LogP contribution is 2.16. The third-order valence-electron chi connectivity index (χ3n) is 4.32. The molecule has 0 saturated carbocycles. The lowest BCUT2D eigenvalue weighted by atomic mass is 10.2. The molecule has 0 bridgehead atoms. The van der Waals surface area contributed by atoms with Crippen LogP contribution in [0.25, 0.3) is 11.4 Å². The van der Waals surface area contributed by atoms with Gasteiger partial charge in [0, 0.05) is 24.9 Å². The van der Waals surface area contributed by atoms with E-state index in [1.165, 1.54) is 12.1 Å². The van der Waals surface area contributed by atoms with E-state index >= 15 is 0 Å². The van der Waals surface area contributed by atoms with Crippen LogP contribution in [0.15, 0.2) is 59.1 Å². The predicted molar refractivity (Wildman–Crippen MR) is 110 cm³/mol. The lowest BCUT2D eigenvalue weighted by Gasteiger charge is -2.06. The first-order chi connectivity index (χ1) is 14.4. The van der Waals surface area contributed by atoms with Crippen molar-refractivity contribution in [1.82, 2.24) is 15.5 Å². The number of halogens is 1. The molecule has 7 nitrogen and oxygen atoms in total. The molecule has 0 fully saturated rings. The molecule has 0 aliphatic carbocycles. The second-order valence-corrected chi connectivity index (χ2v) is 8.98. The number of sulfone groups is 1. The first kappa shape index (κ1) is 21.6. The zero-order valence-electron chi connectivity index (χ0n) is 16.3. The number of hydrogen-bond donors (Lipinski definition) is 1. The molecule has 1 amide bonds. The summed E-state index contributed by atoms with van der Waals surface area (Å²) in [4.78, 5) is 16.1. The van der Waals surface area contributed by atoms with Crippen LogP contribution < -0.4 is 5.32 Å². The van der Waals surface area contributed by atoms with Gasteiger partial charge in [0.05, 0.1) is 11.5 Å². The molecule has 0 unspecified atom stereocenters. The average Bonchev–Trinajstić information content (AvgIpc) is 3.20. The lowest BCUT2D eigenvalue weighted by molar-refractivity contribution is -0.121. The summed E-state index contributed by atoms with van der Waals surface area (Å²) in [7, 11) is -3.22. The third-order valence-corrected chi connectivity index (χ3v) is 6.00. The largest absolute Gasteiger partial charge is 0.356 e. The zero-order valence-corrected chi connectivity index (χ0v) is 17.1. The molecule has 30 heavy (non-hydrogen) atoms. The lowest BCUT2D eigenvalue weighted by Crippen LogP contribution is -2.26. The van der Waals surface area contributed by atoms with Gasteiger partial charge in [-0.15, -0.1) is 0 Å². The summed E-state index contributed by atoms with van der Waals surface area (Å²) in [6, 6.07) is 14.7. The Kier molecular flexibility index (Phi) is 7.29. The van der Waals surface area contributed by atoms with Gasteiger partial charge in [-0.25, -0.2) is 12.8 Å². The summed E-state index contributed by atoms with van der Waals surface area (Å²) in [5, 5.41) is 6.52. The Bertz CT molecular complexity index is 1070. The maximum Gasteiger partial charge on any atom is 0.227 e. The molecule has 9 heteroatoms. The molecule has 0 aliphatic heterocycles. The Morgan fingerprint density at radius 1 is 1.07 bits per heavy atom. The quantitative estimate of drug-likeness (QED) is 0.495. The number of hydrogen-bond acceptors (Lipinski definition) is 6. The molecule has 0 aliphatic rings. The number of carbonyl (C=O) groups excluding carboxylic acids is 1. The zero-order chi connectivity index (χ0) is 21.4. The summed E-state index contributed by atoms with van der Waals surface area (Å²) in [6.07, 6.45) is 0.740. The standard InChI is InChI=1S/C21H22FN3O4S/c22-18-9-7-17(8-10-18)21-24-20(29-25-21)12-11-19(26)23-13-4-14-30(27,28)15-16-5-2-1-3-6-16/h1-3,5-10H,4,11-15H2,(H,23,26). The maximum absolute atomic E-state index is 13.0. The van der Waals surface area contributed by atoms with E-state index in [4.69, 9.17) is 4.52 Å². The molecule has 0 radical (unpaired) electrons. The Balaban J connectivity index is 1.37. The van der Waals surface area contributed by atoms with E-state index in [2.05, 4.69) is 15.5 Å². The number of aryl methyl sites for hydroxylation is 1. The molecule has 1 heterocycles. The van der Waals surface area contributed by atoms with E-state index in [0.29, 0.717) is 23.7 Å². The number of nitrogens with zero attached hydrogens (tertiary/aromatic N) is 2. The topological polar surface area (TPSA) is 102 Å². The molecule has 1 N–H and O–H groups in total. The van der Waals surface area contributed by atoms with Crippen molar-refractivity contribution in [1.29, 1.82) is 0 Å². The predicted octanol–water partition coefficient (Wildman–Crippen LogP) is 2.93. The van der Waals surface area contributed by atoms with Crippen molar-refractivity contribution in [3.63, 3.8) is 0 Å². The van der Waals surface area contributed by atoms with Gasteiger partial charge in [0.1, 0.15) is 5.82 Å². The van der Waals surface area contributed by atoms with Crippen LogP contribution in [0.2, 0.25) is 0 Å². The highest BCUT2D eigenvalue weighted by molar-refractivity contribution is 7.90. The summed E-state index contributed by atoms with van der Waals surface area (Å²) in [5.41, 5.74) is 1.37. The van der Waals surface area contributed by atoms with Gasteiger partial charge in [-0.1, -0.05) is 35.5 Å². The van der Waals surface area contributed by atoms with Crippen LogP contribution in [-0.4, -0.2) is 36.8 Å². The number of nitrogens with one attached hydrogen (secondary N) is 1. The highest BCUT2D eigenvalue weighted by Gasteiger charge is 2.13. The van der Waals surface area contributed by atoms with Crippen molar-refractivity contribution >= 4 is 15.7 Å². The molecule has 158 valence electrons. The molecular formula is C21H22FN3O4S. The van der Waals surface area contributed by atoms with E-state index in [1.807, 2.05) is 6.07 Å². The van der Waals surface area contributed by atoms with Crippen molar-refractivity contribution in [2.45, 2.75) is 25.0 Å². The summed E-state index contributed by atoms with van der Waals surface area (Å²) >= 11 is 0. The van der Waals surface area contributed by atoms with Crippen LogP contribution in [0.3, 0.4) is 0 Å². The van der Waals surface area contributed by atoms with Crippen molar-refractivity contribution in [2.24, 2.45) is 0 Å². The van der Waals surface area contributed by atoms with E-state index in [0.717, 1.165) is 5.56 Å². The minimum absolute atomic E-state index is 0.00462. The molecule has 2 aromatic carbocycles. The van der Waals surface area contributed by atoms with Crippen molar-refractivity contribution < 1.29 is 22.1 Å². The van der Waals surface area contributed by atoms with Crippen LogP contribution in [0.1, 0.15) is 24.3 Å². The van der Waals surface area contributed by atoms with Crippen molar-refractivity contribution in [3.8, 4) is 11.4 Å². The molecule has 0 saturated heterocycles. The first-order valence-electron chi connectivity index (χ1n) is 9.51. The van der Waals surface area contributed by atoms with Crippen LogP contribution in [-0.2, 0) is 26.8 Å². The molecule has 0 atom stereocenters. The van der Waals surface area contributed by atoms with Gasteiger partial charge in [0.15, 0.2) is 9.84 Å². The van der Waals surface area contributed by atoms with Gasteiger partial charge in [0.2, 0.25) is 17.6 Å². The summed E-state index contributed by atoms with van der Waals surface area (Å²) < 4.78 is 42.3. The molecule has 1 aromatic heterocycles. The fraction of sp³-hybridized carbons (Fsp3) is 0.286. The van der Waals surface area contributed by atoms with Crippen molar-refractivity contribution in [2.75, 3.05) is 12.3 Å². The maximum atomic E-state index is 13.0. The van der Waals surface area contributed by atoms with Gasteiger partial charge >= 0.3 is 0 Å². The Morgan fingerprint density at radius 3 is 2.53 bits per heavy atom. The average molecular weight is 431 g/mol. The second-order valence-electron chi connectivity index (χ2n) is 6.80. The van der Waals surface area contributed by atoms with Gasteiger partial charge in [-0.2, -0.15) is 4.98 Å². The van der Waals surface area contributed by atoms with E-state index < -0.39 is 9.84 Å². The Morgan fingerprint density at radius 2 is 1.80 bits per heavy atom. The van der Waals surface area contributed by atoms with Gasteiger partial charge in [-0.3, -0.25) is 4.79 Å². The third kappa shape index (κ3) is 6.77. The first-order valence-corrected chi connectivity index (χ1v) is 11.3. The molecule has 3 rings (SSSR count). The van der Waals surface area contributed by atoms with Gasteiger partial charge < -0.3 is 9.84 Å². The SMILES string of the molecule is O=C(CCc1nc(-c2ccc(F)cc2)no1)NCCCS(=O)(=O)Cc1ccccc1. The molecular weight excluding hydrogens is 409 g/mol. The van der Waals surface area contributed by atoms with Crippen molar-refractivity contribution in [3.05, 3.63) is 71.9 Å². The highest BCUT2D eigenvalue weighted by atomic mass is 32.2. The van der Waals surface area contributed by atoms with Crippen LogP contribution in [0, 0.1) is 5.82 Å². The number of aromatic nitrogens is 2. The Hall–Kier alpha value is -3.07. The number of benzene rings is 2. The van der Waals surface area contributed by atoms with E-state index in [1.54, 1.807) is 36.4 Å². The normalized spacial score (nSPS) is 11.4. The Labute approximate surface area is 174 Å². The minimum atomic E-state index is -3.22. The van der Waals surface area contributed by atoms with E-state index in [9.17, 15) is 17.6 Å². The van der Waals surface area contributed by atoms with Gasteiger partial charge in [0.25, 0.3) is 0 Å². The van der Waals surface area contributed by atoms with Gasteiger partial charge in [-0.05, 0) is 36.2 Å². The summed E-state index contributed by atoms with van der Waals surface area (Å²) in [5.74, 6) is 0.0512. The number of rotatable bonds is 10. The fourth-order valence-corrected chi connectivity index (χ4v) is 4.23. The molecule has 0 spiro atoms. The monoisotopic (exact) mass is 431 g/mol. The number of amides is 1. The van der Waals surface area contributed by atoms with Crippen LogP contribution in [0.5, 0.6) is 0 Å². The minimum Gasteiger partial charge on any atom is -0.356 e. The van der Waals surface area contributed by atoms with E-state index in [-0.39, 0.29) is 42.6 Å². The fourth-order valence-electron chi connectivity index (χ4n) is 2.80. The molecule has 3 aromatic rings. The number of carbonyl (C=O) groups is 1. The van der Waals surface area contributed by atoms with Crippen LogP contribution in [0.4, 0.5) is 4.39 Å².